The number of carbonyl (C=O) groups excluding carboxylic acids is 1. The van der Waals surface area contributed by atoms with Gasteiger partial charge < -0.3 is 19.5 Å². The summed E-state index contributed by atoms with van der Waals surface area (Å²) in [6.45, 7) is 0. The van der Waals surface area contributed by atoms with E-state index >= 15 is 0 Å². The Kier molecular flexibility index (Phi) is 5.05. The summed E-state index contributed by atoms with van der Waals surface area (Å²) in [6.07, 6.45) is 2.61. The largest absolute Gasteiger partial charge is 0.497 e. The topological polar surface area (TPSA) is 87.5 Å². The number of Topliss-reactive ketones (excluding diaryl/α,β-unsaturated/α-hetero) is 1. The third-order valence-electron chi connectivity index (χ3n) is 6.17. The Labute approximate surface area is 185 Å². The average Bonchev–Trinajstić information content (AvgIpc) is 3.30. The molecular weight excluding hydrogens is 408 g/mol. The van der Waals surface area contributed by atoms with E-state index in [1.807, 2.05) is 42.5 Å². The fourth-order valence-electron chi connectivity index (χ4n) is 4.59. The lowest BCUT2D eigenvalue weighted by Gasteiger charge is -2.35. The second kappa shape index (κ2) is 8.03. The standard InChI is InChI=1S/C24H24N4O4/c1-30-17-7-4-14(5-8-17)23-22-18(27-24-25-13-26-28(23)24)10-16(11-19(22)29)15-6-9-20(31-2)21(12-15)32-3/h4-9,12-13,16,23H,10-11H2,1-3H3,(H,25,26,27)/t16-,23+/m1/s1. The number of nitrogens with one attached hydrogen (secondary N) is 1. The first-order chi connectivity index (χ1) is 15.6. The van der Waals surface area contributed by atoms with Crippen LogP contribution in [0.1, 0.15) is 35.9 Å². The van der Waals surface area contributed by atoms with Gasteiger partial charge in [0.25, 0.3) is 0 Å². The Morgan fingerprint density at radius 2 is 1.69 bits per heavy atom. The van der Waals surface area contributed by atoms with Crippen LogP contribution in [0.4, 0.5) is 5.95 Å². The van der Waals surface area contributed by atoms with E-state index in [1.165, 1.54) is 6.33 Å². The molecule has 2 heterocycles. The van der Waals surface area contributed by atoms with E-state index in [0.29, 0.717) is 30.3 Å². The van der Waals surface area contributed by atoms with Crippen LogP contribution in [0.25, 0.3) is 0 Å². The highest BCUT2D eigenvalue weighted by molar-refractivity contribution is 6.00. The summed E-state index contributed by atoms with van der Waals surface area (Å²) in [7, 11) is 4.86. The molecule has 0 bridgehead atoms. The molecule has 5 rings (SSSR count). The lowest BCUT2D eigenvalue weighted by atomic mass is 9.78. The number of nitrogens with zero attached hydrogens (tertiary/aromatic N) is 3. The van der Waals surface area contributed by atoms with Crippen molar-refractivity contribution in [3.63, 3.8) is 0 Å². The highest BCUT2D eigenvalue weighted by Gasteiger charge is 2.39. The number of methoxy groups -OCH3 is 3. The number of hydrogen-bond donors (Lipinski definition) is 1. The molecule has 8 heteroatoms. The number of hydrogen-bond acceptors (Lipinski definition) is 7. The zero-order valence-electron chi connectivity index (χ0n) is 18.2. The first kappa shape index (κ1) is 20.1. The van der Waals surface area contributed by atoms with E-state index in [2.05, 4.69) is 15.4 Å². The van der Waals surface area contributed by atoms with Crippen molar-refractivity contribution in [3.8, 4) is 17.2 Å². The van der Waals surface area contributed by atoms with E-state index in [1.54, 1.807) is 26.0 Å². The molecule has 1 N–H and O–H groups in total. The maximum Gasteiger partial charge on any atom is 0.226 e. The summed E-state index contributed by atoms with van der Waals surface area (Å²) in [5, 5.41) is 7.75. The van der Waals surface area contributed by atoms with Crippen LogP contribution in [-0.4, -0.2) is 41.9 Å². The van der Waals surface area contributed by atoms with Crippen molar-refractivity contribution in [2.45, 2.75) is 24.8 Å². The van der Waals surface area contributed by atoms with Gasteiger partial charge in [-0.15, -0.1) is 0 Å². The van der Waals surface area contributed by atoms with Crippen LogP contribution in [0, 0.1) is 0 Å². The molecule has 1 aliphatic carbocycles. The van der Waals surface area contributed by atoms with Crippen LogP contribution in [-0.2, 0) is 4.79 Å². The lowest BCUT2D eigenvalue weighted by molar-refractivity contribution is -0.116. The fourth-order valence-corrected chi connectivity index (χ4v) is 4.59. The van der Waals surface area contributed by atoms with Crippen LogP contribution in [0.2, 0.25) is 0 Å². The maximum atomic E-state index is 13.5. The van der Waals surface area contributed by atoms with E-state index < -0.39 is 0 Å². The number of ether oxygens (including phenoxy) is 3. The third kappa shape index (κ3) is 3.28. The smallest absolute Gasteiger partial charge is 0.226 e. The highest BCUT2D eigenvalue weighted by Crippen LogP contribution is 2.45. The quantitative estimate of drug-likeness (QED) is 0.657. The minimum atomic E-state index is -0.325. The Bertz CT molecular complexity index is 1200. The van der Waals surface area contributed by atoms with Crippen LogP contribution >= 0.6 is 0 Å². The SMILES string of the molecule is COc1ccc([C@H]2C3=C(C[C@@H](c4ccc(OC)c(OC)c4)CC3=O)Nc3ncnn32)cc1. The molecule has 0 radical (unpaired) electrons. The van der Waals surface area contributed by atoms with Crippen molar-refractivity contribution >= 4 is 11.7 Å². The van der Waals surface area contributed by atoms with Gasteiger partial charge >= 0.3 is 0 Å². The Balaban J connectivity index is 1.54. The van der Waals surface area contributed by atoms with Gasteiger partial charge in [-0.05, 0) is 47.7 Å². The second-order valence-corrected chi connectivity index (χ2v) is 7.86. The van der Waals surface area contributed by atoms with Gasteiger partial charge in [-0.1, -0.05) is 18.2 Å². The zero-order chi connectivity index (χ0) is 22.2. The van der Waals surface area contributed by atoms with Crippen molar-refractivity contribution in [2.24, 2.45) is 0 Å². The second-order valence-electron chi connectivity index (χ2n) is 7.86. The van der Waals surface area contributed by atoms with Crippen LogP contribution in [0.15, 0.2) is 60.1 Å². The molecule has 1 aliphatic heterocycles. The third-order valence-corrected chi connectivity index (χ3v) is 6.17. The van der Waals surface area contributed by atoms with E-state index in [-0.39, 0.29) is 17.7 Å². The van der Waals surface area contributed by atoms with E-state index in [0.717, 1.165) is 28.1 Å². The Hall–Kier alpha value is -3.81. The van der Waals surface area contributed by atoms with Gasteiger partial charge in [0.2, 0.25) is 5.95 Å². The number of allylic oxidation sites excluding steroid dienone is 2. The van der Waals surface area contributed by atoms with Crippen molar-refractivity contribution in [1.29, 1.82) is 0 Å². The molecular formula is C24H24N4O4. The number of carbonyl (C=O) groups is 1. The number of ketones is 1. The number of fused-ring (bicyclic) bond motifs is 1. The summed E-state index contributed by atoms with van der Waals surface area (Å²) in [5.74, 6) is 2.84. The first-order valence-electron chi connectivity index (χ1n) is 10.4. The van der Waals surface area contributed by atoms with Gasteiger partial charge in [-0.2, -0.15) is 10.1 Å². The summed E-state index contributed by atoms with van der Waals surface area (Å²) in [4.78, 5) is 17.9. The molecule has 32 heavy (non-hydrogen) atoms. The van der Waals surface area contributed by atoms with E-state index in [9.17, 15) is 4.79 Å². The predicted octanol–water partition coefficient (Wildman–Crippen LogP) is 3.72. The van der Waals surface area contributed by atoms with Gasteiger partial charge in [-0.25, -0.2) is 4.68 Å². The van der Waals surface area contributed by atoms with Gasteiger partial charge in [0.1, 0.15) is 18.1 Å². The molecule has 0 fully saturated rings. The van der Waals surface area contributed by atoms with Gasteiger partial charge in [0.15, 0.2) is 17.3 Å². The number of rotatable bonds is 5. The molecule has 1 aromatic heterocycles. The van der Waals surface area contributed by atoms with Crippen LogP contribution < -0.4 is 19.5 Å². The molecule has 0 unspecified atom stereocenters. The summed E-state index contributed by atoms with van der Waals surface area (Å²) in [5.41, 5.74) is 3.63. The van der Waals surface area contributed by atoms with Gasteiger partial charge in [0.05, 0.1) is 21.3 Å². The van der Waals surface area contributed by atoms with Crippen LogP contribution in [0.5, 0.6) is 17.2 Å². The molecule has 0 amide bonds. The molecule has 0 spiro atoms. The summed E-state index contributed by atoms with van der Waals surface area (Å²) >= 11 is 0. The highest BCUT2D eigenvalue weighted by atomic mass is 16.5. The van der Waals surface area contributed by atoms with Crippen molar-refractivity contribution in [3.05, 3.63) is 71.2 Å². The molecule has 2 aliphatic rings. The molecule has 8 nitrogen and oxygen atoms in total. The Morgan fingerprint density at radius 1 is 0.938 bits per heavy atom. The summed E-state index contributed by atoms with van der Waals surface area (Å²) < 4.78 is 17.9. The Morgan fingerprint density at radius 3 is 2.41 bits per heavy atom. The molecule has 0 saturated carbocycles. The van der Waals surface area contributed by atoms with Gasteiger partial charge in [0, 0.05) is 17.7 Å². The molecule has 2 atom stereocenters. The molecule has 164 valence electrons. The zero-order valence-corrected chi connectivity index (χ0v) is 18.2. The number of aromatic nitrogens is 3. The normalized spacial score (nSPS) is 19.7. The molecule has 0 saturated heterocycles. The monoisotopic (exact) mass is 432 g/mol. The first-order valence-corrected chi connectivity index (χ1v) is 10.4. The van der Waals surface area contributed by atoms with Crippen molar-refractivity contribution in [1.82, 2.24) is 14.8 Å². The van der Waals surface area contributed by atoms with Gasteiger partial charge in [-0.3, -0.25) is 4.79 Å². The molecule has 3 aromatic rings. The number of anilines is 1. The number of benzene rings is 2. The fraction of sp³-hybridized carbons (Fsp3) is 0.292. The summed E-state index contributed by atoms with van der Waals surface area (Å²) in [6, 6.07) is 13.2. The predicted molar refractivity (Wildman–Crippen MR) is 118 cm³/mol. The molecule has 2 aromatic carbocycles. The van der Waals surface area contributed by atoms with Crippen LogP contribution in [0.3, 0.4) is 0 Å². The maximum absolute atomic E-state index is 13.5. The average molecular weight is 432 g/mol. The minimum absolute atomic E-state index is 0.0274. The minimum Gasteiger partial charge on any atom is -0.497 e. The lowest BCUT2D eigenvalue weighted by Crippen LogP contribution is -2.33. The van der Waals surface area contributed by atoms with Crippen molar-refractivity contribution < 1.29 is 19.0 Å². The van der Waals surface area contributed by atoms with E-state index in [4.69, 9.17) is 14.2 Å². The van der Waals surface area contributed by atoms with Crippen molar-refractivity contribution in [2.75, 3.05) is 26.6 Å².